The molecule has 0 amide bonds. The second kappa shape index (κ2) is 3.45. The van der Waals surface area contributed by atoms with E-state index >= 15 is 0 Å². The van der Waals surface area contributed by atoms with Gasteiger partial charge in [0.2, 0.25) is 0 Å². The van der Waals surface area contributed by atoms with Gasteiger partial charge in [-0.3, -0.25) is 0 Å². The topological polar surface area (TPSA) is 55.5 Å². The maximum absolute atomic E-state index is 11.8. The number of ether oxygens (including phenoxy) is 1. The van der Waals surface area contributed by atoms with E-state index in [0.29, 0.717) is 0 Å². The van der Waals surface area contributed by atoms with Gasteiger partial charge in [0.05, 0.1) is 5.69 Å². The van der Waals surface area contributed by atoms with Crippen molar-refractivity contribution in [3.8, 4) is 11.5 Å². The van der Waals surface area contributed by atoms with Crippen LogP contribution in [0.2, 0.25) is 5.02 Å². The van der Waals surface area contributed by atoms with Crippen molar-refractivity contribution in [3.05, 3.63) is 17.2 Å². The number of hydrogen-bond donors (Lipinski definition) is 2. The average molecular weight is 228 g/mol. The fourth-order valence-corrected chi connectivity index (χ4v) is 0.991. The number of phenolic OH excluding ortho intramolecular Hbond substituents is 1. The molecule has 14 heavy (non-hydrogen) atoms. The minimum Gasteiger partial charge on any atom is -0.506 e. The Kier molecular flexibility index (Phi) is 2.66. The first-order valence-electron chi connectivity index (χ1n) is 3.34. The van der Waals surface area contributed by atoms with Crippen molar-refractivity contribution < 1.29 is 23.0 Å². The first-order chi connectivity index (χ1) is 6.31. The van der Waals surface area contributed by atoms with E-state index < -0.39 is 22.9 Å². The summed E-state index contributed by atoms with van der Waals surface area (Å²) < 4.78 is 39.0. The number of rotatable bonds is 1. The maximum atomic E-state index is 11.8. The summed E-state index contributed by atoms with van der Waals surface area (Å²) in [4.78, 5) is 0. The second-order valence-corrected chi connectivity index (χ2v) is 2.74. The Balaban J connectivity index is 3.13. The quantitative estimate of drug-likeness (QED) is 0.573. The Morgan fingerprint density at radius 2 is 1.93 bits per heavy atom. The van der Waals surface area contributed by atoms with Crippen LogP contribution in [-0.2, 0) is 0 Å². The summed E-state index contributed by atoms with van der Waals surface area (Å²) >= 11 is 5.35. The van der Waals surface area contributed by atoms with Gasteiger partial charge in [0.15, 0.2) is 5.75 Å². The van der Waals surface area contributed by atoms with Crippen LogP contribution >= 0.6 is 11.6 Å². The molecule has 0 spiro atoms. The molecule has 0 aliphatic carbocycles. The van der Waals surface area contributed by atoms with Crippen LogP contribution in [0.5, 0.6) is 11.5 Å². The number of anilines is 1. The van der Waals surface area contributed by atoms with Gasteiger partial charge in [-0.25, -0.2) is 0 Å². The Labute approximate surface area is 81.8 Å². The van der Waals surface area contributed by atoms with E-state index in [4.69, 9.17) is 22.4 Å². The maximum Gasteiger partial charge on any atom is 0.573 e. The summed E-state index contributed by atoms with van der Waals surface area (Å²) in [5, 5.41) is 8.42. The molecular formula is C7H5ClF3NO2. The second-order valence-electron chi connectivity index (χ2n) is 2.36. The lowest BCUT2D eigenvalue weighted by atomic mass is 10.3. The third-order valence-corrected chi connectivity index (χ3v) is 1.69. The van der Waals surface area contributed by atoms with Gasteiger partial charge in [-0.15, -0.1) is 13.2 Å². The van der Waals surface area contributed by atoms with Gasteiger partial charge in [-0.1, -0.05) is 11.6 Å². The summed E-state index contributed by atoms with van der Waals surface area (Å²) in [5.41, 5.74) is 4.88. The van der Waals surface area contributed by atoms with Crippen LogP contribution in [0.15, 0.2) is 12.1 Å². The van der Waals surface area contributed by atoms with Crippen LogP contribution in [-0.4, -0.2) is 11.5 Å². The number of benzene rings is 1. The molecule has 0 heterocycles. The monoisotopic (exact) mass is 227 g/mol. The van der Waals surface area contributed by atoms with Crippen LogP contribution in [0.3, 0.4) is 0 Å². The zero-order chi connectivity index (χ0) is 10.9. The van der Waals surface area contributed by atoms with E-state index in [-0.39, 0.29) is 5.69 Å². The SMILES string of the molecule is Nc1ccc(O)c(Cl)c1OC(F)(F)F. The number of hydrogen-bond acceptors (Lipinski definition) is 3. The molecule has 0 saturated carbocycles. The van der Waals surface area contributed by atoms with Crippen molar-refractivity contribution in [2.45, 2.75) is 6.36 Å². The Hall–Kier alpha value is -1.30. The zero-order valence-electron chi connectivity index (χ0n) is 6.60. The number of phenols is 1. The van der Waals surface area contributed by atoms with Crippen LogP contribution in [0.25, 0.3) is 0 Å². The van der Waals surface area contributed by atoms with Gasteiger partial charge in [0.1, 0.15) is 10.8 Å². The van der Waals surface area contributed by atoms with Crippen LogP contribution < -0.4 is 10.5 Å². The van der Waals surface area contributed by atoms with Gasteiger partial charge in [0.25, 0.3) is 0 Å². The highest BCUT2D eigenvalue weighted by molar-refractivity contribution is 6.34. The lowest BCUT2D eigenvalue weighted by molar-refractivity contribution is -0.274. The average Bonchev–Trinajstić information content (AvgIpc) is 2.04. The fourth-order valence-electron chi connectivity index (χ4n) is 0.780. The van der Waals surface area contributed by atoms with E-state index in [9.17, 15) is 13.2 Å². The Bertz CT molecular complexity index is 354. The summed E-state index contributed by atoms with van der Waals surface area (Å²) in [5.74, 6) is -1.32. The lowest BCUT2D eigenvalue weighted by Crippen LogP contribution is -2.18. The number of alkyl halides is 3. The highest BCUT2D eigenvalue weighted by atomic mass is 35.5. The summed E-state index contributed by atoms with van der Waals surface area (Å²) in [7, 11) is 0. The minimum atomic E-state index is -4.90. The molecule has 3 nitrogen and oxygen atoms in total. The fraction of sp³-hybridized carbons (Fsp3) is 0.143. The molecule has 0 radical (unpaired) electrons. The molecule has 0 bridgehead atoms. The molecule has 7 heteroatoms. The molecule has 1 aromatic carbocycles. The van der Waals surface area contributed by atoms with E-state index in [0.717, 1.165) is 12.1 Å². The van der Waals surface area contributed by atoms with Crippen molar-refractivity contribution in [2.24, 2.45) is 0 Å². The van der Waals surface area contributed by atoms with E-state index in [1.54, 1.807) is 0 Å². The highest BCUT2D eigenvalue weighted by Crippen LogP contribution is 2.40. The van der Waals surface area contributed by atoms with E-state index in [2.05, 4.69) is 4.74 Å². The standard InChI is InChI=1S/C7H5ClF3NO2/c8-5-4(13)2-1-3(12)6(5)14-7(9,10)11/h1-2,13H,12H2. The summed E-state index contributed by atoms with van der Waals surface area (Å²) in [6.07, 6.45) is -4.90. The molecule has 0 atom stereocenters. The van der Waals surface area contributed by atoms with Crippen molar-refractivity contribution in [2.75, 3.05) is 5.73 Å². The van der Waals surface area contributed by atoms with Gasteiger partial charge in [-0.05, 0) is 12.1 Å². The van der Waals surface area contributed by atoms with Gasteiger partial charge in [-0.2, -0.15) is 0 Å². The van der Waals surface area contributed by atoms with Crippen molar-refractivity contribution >= 4 is 17.3 Å². The summed E-state index contributed by atoms with van der Waals surface area (Å²) in [6, 6.07) is 2.13. The molecule has 1 rings (SSSR count). The number of nitrogens with two attached hydrogens (primary N) is 1. The number of aromatic hydroxyl groups is 1. The third kappa shape index (κ3) is 2.35. The number of halogens is 4. The third-order valence-electron chi connectivity index (χ3n) is 1.32. The Morgan fingerprint density at radius 1 is 1.36 bits per heavy atom. The number of nitrogen functional groups attached to an aromatic ring is 1. The molecule has 0 unspecified atom stereocenters. The summed E-state index contributed by atoms with van der Waals surface area (Å²) in [6.45, 7) is 0. The first-order valence-corrected chi connectivity index (χ1v) is 3.72. The smallest absolute Gasteiger partial charge is 0.506 e. The zero-order valence-corrected chi connectivity index (χ0v) is 7.36. The molecule has 0 aromatic heterocycles. The highest BCUT2D eigenvalue weighted by Gasteiger charge is 2.33. The molecular weight excluding hydrogens is 223 g/mol. The van der Waals surface area contributed by atoms with E-state index in [1.807, 2.05) is 0 Å². The molecule has 0 aliphatic rings. The van der Waals surface area contributed by atoms with Gasteiger partial charge >= 0.3 is 6.36 Å². The molecule has 0 saturated heterocycles. The minimum absolute atomic E-state index is 0.301. The largest absolute Gasteiger partial charge is 0.573 e. The normalized spacial score (nSPS) is 11.4. The molecule has 3 N–H and O–H groups in total. The van der Waals surface area contributed by atoms with Gasteiger partial charge in [0, 0.05) is 0 Å². The van der Waals surface area contributed by atoms with Crippen molar-refractivity contribution in [1.82, 2.24) is 0 Å². The van der Waals surface area contributed by atoms with Crippen LogP contribution in [0.1, 0.15) is 0 Å². The predicted octanol–water partition coefficient (Wildman–Crippen LogP) is 2.53. The lowest BCUT2D eigenvalue weighted by Gasteiger charge is -2.12. The van der Waals surface area contributed by atoms with Crippen molar-refractivity contribution in [3.63, 3.8) is 0 Å². The van der Waals surface area contributed by atoms with Crippen LogP contribution in [0, 0.1) is 0 Å². The van der Waals surface area contributed by atoms with Crippen LogP contribution in [0.4, 0.5) is 18.9 Å². The molecule has 1 aromatic rings. The van der Waals surface area contributed by atoms with Crippen molar-refractivity contribution in [1.29, 1.82) is 0 Å². The first kappa shape index (κ1) is 10.8. The van der Waals surface area contributed by atoms with E-state index in [1.165, 1.54) is 0 Å². The Morgan fingerprint density at radius 3 is 2.43 bits per heavy atom. The molecule has 0 aliphatic heterocycles. The molecule has 78 valence electrons. The van der Waals surface area contributed by atoms with Gasteiger partial charge < -0.3 is 15.6 Å². The predicted molar refractivity (Wildman–Crippen MR) is 44.2 cm³/mol. The molecule has 0 fully saturated rings.